The van der Waals surface area contributed by atoms with Crippen molar-refractivity contribution in [1.82, 2.24) is 15.3 Å². The first-order valence-electron chi connectivity index (χ1n) is 10.7. The average Bonchev–Trinajstić information content (AvgIpc) is 3.28. The number of nitrogens with one attached hydrogen (secondary N) is 2. The molecule has 2 heterocycles. The molecule has 1 saturated carbocycles. The van der Waals surface area contributed by atoms with Crippen LogP contribution in [0.5, 0.6) is 5.75 Å². The van der Waals surface area contributed by atoms with Crippen molar-refractivity contribution >= 4 is 5.91 Å². The molecule has 1 amide bonds. The van der Waals surface area contributed by atoms with Gasteiger partial charge in [-0.05, 0) is 79.8 Å². The van der Waals surface area contributed by atoms with Crippen LogP contribution >= 0.6 is 0 Å². The zero-order valence-electron chi connectivity index (χ0n) is 17.7. The van der Waals surface area contributed by atoms with Crippen molar-refractivity contribution in [1.29, 1.82) is 0 Å². The fraction of sp³-hybridized carbons (Fsp3) is 0.360. The number of amides is 1. The number of rotatable bonds is 6. The molecule has 0 aliphatic heterocycles. The molecule has 1 fully saturated rings. The Hall–Kier alpha value is -3.08. The second-order valence-corrected chi connectivity index (χ2v) is 8.17. The first-order valence-corrected chi connectivity index (χ1v) is 10.7. The number of carbonyl (C=O) groups excluding carboxylic acids is 1. The number of H-pyrrole nitrogens is 1. The van der Waals surface area contributed by atoms with Crippen LogP contribution in [-0.4, -0.2) is 29.5 Å². The van der Waals surface area contributed by atoms with Gasteiger partial charge < -0.3 is 15.0 Å². The zero-order valence-corrected chi connectivity index (χ0v) is 17.7. The van der Waals surface area contributed by atoms with E-state index in [1.165, 1.54) is 18.4 Å². The van der Waals surface area contributed by atoms with Gasteiger partial charge in [-0.25, -0.2) is 0 Å². The van der Waals surface area contributed by atoms with E-state index in [0.29, 0.717) is 17.4 Å². The van der Waals surface area contributed by atoms with Gasteiger partial charge >= 0.3 is 0 Å². The molecule has 0 radical (unpaired) electrons. The maximum Gasteiger partial charge on any atom is 0.253 e. The lowest BCUT2D eigenvalue weighted by atomic mass is 9.79. The number of pyridine rings is 1. The highest BCUT2D eigenvalue weighted by atomic mass is 16.5. The lowest BCUT2D eigenvalue weighted by molar-refractivity contribution is 0.0943. The van der Waals surface area contributed by atoms with Gasteiger partial charge in [0.2, 0.25) is 0 Å². The van der Waals surface area contributed by atoms with E-state index in [0.717, 1.165) is 42.0 Å². The molecule has 0 atom stereocenters. The summed E-state index contributed by atoms with van der Waals surface area (Å²) in [5.74, 6) is 1.90. The number of methoxy groups -OCH3 is 1. The van der Waals surface area contributed by atoms with Gasteiger partial charge in [-0.1, -0.05) is 12.1 Å². The van der Waals surface area contributed by atoms with Crippen LogP contribution in [0, 0.1) is 12.8 Å². The fourth-order valence-electron chi connectivity index (χ4n) is 4.43. The lowest BCUT2D eigenvalue weighted by Gasteiger charge is -2.29. The summed E-state index contributed by atoms with van der Waals surface area (Å²) >= 11 is 0. The molecule has 0 unspecified atom stereocenters. The van der Waals surface area contributed by atoms with Gasteiger partial charge in [0.1, 0.15) is 5.75 Å². The maximum atomic E-state index is 12.9. The summed E-state index contributed by atoms with van der Waals surface area (Å²) in [4.78, 5) is 20.2. The molecule has 5 nitrogen and oxygen atoms in total. The first-order chi connectivity index (χ1) is 14.6. The number of hydrogen-bond acceptors (Lipinski definition) is 3. The van der Waals surface area contributed by atoms with Crippen molar-refractivity contribution in [2.45, 2.75) is 38.5 Å². The molecule has 4 rings (SSSR count). The minimum absolute atomic E-state index is 0.0269. The van der Waals surface area contributed by atoms with Crippen LogP contribution in [0.15, 0.2) is 55.0 Å². The van der Waals surface area contributed by atoms with Crippen molar-refractivity contribution in [3.05, 3.63) is 71.8 Å². The Morgan fingerprint density at radius 2 is 2.00 bits per heavy atom. The minimum Gasteiger partial charge on any atom is -0.497 e. The van der Waals surface area contributed by atoms with Gasteiger partial charge in [-0.3, -0.25) is 9.78 Å². The van der Waals surface area contributed by atoms with E-state index in [1.807, 2.05) is 43.6 Å². The molecule has 2 aromatic heterocycles. The molecule has 1 aliphatic carbocycles. The monoisotopic (exact) mass is 403 g/mol. The second-order valence-electron chi connectivity index (χ2n) is 8.17. The summed E-state index contributed by atoms with van der Waals surface area (Å²) in [6.45, 7) is 2.77. The van der Waals surface area contributed by atoms with Gasteiger partial charge in [0.15, 0.2) is 0 Å². The number of hydrogen-bond donors (Lipinski definition) is 2. The van der Waals surface area contributed by atoms with Gasteiger partial charge in [0.05, 0.1) is 12.7 Å². The summed E-state index contributed by atoms with van der Waals surface area (Å²) < 4.78 is 5.31. The highest BCUT2D eigenvalue weighted by Crippen LogP contribution is 2.35. The number of carbonyl (C=O) groups is 1. The Morgan fingerprint density at radius 1 is 1.17 bits per heavy atom. The average molecular weight is 404 g/mol. The Balaban J connectivity index is 1.33. The molecule has 5 heteroatoms. The van der Waals surface area contributed by atoms with Gasteiger partial charge in [-0.2, -0.15) is 0 Å². The molecule has 1 aliphatic rings. The summed E-state index contributed by atoms with van der Waals surface area (Å²) in [7, 11) is 1.65. The zero-order chi connectivity index (χ0) is 20.9. The van der Waals surface area contributed by atoms with Gasteiger partial charge in [-0.15, -0.1) is 0 Å². The normalized spacial score (nSPS) is 18.7. The third-order valence-electron chi connectivity index (χ3n) is 6.16. The second kappa shape index (κ2) is 9.16. The van der Waals surface area contributed by atoms with E-state index in [1.54, 1.807) is 13.3 Å². The number of aromatic amines is 1. The molecular weight excluding hydrogens is 374 g/mol. The Morgan fingerprint density at radius 3 is 2.77 bits per heavy atom. The molecule has 156 valence electrons. The van der Waals surface area contributed by atoms with Crippen LogP contribution < -0.4 is 10.1 Å². The van der Waals surface area contributed by atoms with Crippen LogP contribution in [-0.2, 0) is 0 Å². The van der Waals surface area contributed by atoms with Crippen molar-refractivity contribution in [2.24, 2.45) is 5.92 Å². The first kappa shape index (κ1) is 20.2. The van der Waals surface area contributed by atoms with E-state index in [4.69, 9.17) is 4.74 Å². The molecular formula is C25H29N3O2. The number of ether oxygens (including phenoxy) is 1. The largest absolute Gasteiger partial charge is 0.497 e. The van der Waals surface area contributed by atoms with Crippen molar-refractivity contribution < 1.29 is 9.53 Å². The molecule has 0 bridgehead atoms. The summed E-state index contributed by atoms with van der Waals surface area (Å²) in [6.07, 6.45) is 10.2. The van der Waals surface area contributed by atoms with Crippen LogP contribution in [0.1, 0.15) is 53.2 Å². The molecule has 0 saturated heterocycles. The van der Waals surface area contributed by atoms with E-state index in [-0.39, 0.29) is 5.91 Å². The molecule has 3 aromatic rings. The molecule has 0 spiro atoms. The number of aromatic nitrogens is 2. The molecule has 1 aromatic carbocycles. The maximum absolute atomic E-state index is 12.9. The van der Waals surface area contributed by atoms with Crippen LogP contribution in [0.4, 0.5) is 0 Å². The standard InChI is InChI=1S/C25H29N3O2/c1-17-12-20(10-11-27-17)19-8-6-18(7-9-19)14-28-25(29)24-16-26-15-23(24)21-4-3-5-22(13-21)30-2/h3-5,10-13,15-16,18-19,26H,6-9,14H2,1-2H3,(H,28,29). The number of nitrogens with zero attached hydrogens (tertiary/aromatic N) is 1. The fourth-order valence-corrected chi connectivity index (χ4v) is 4.43. The summed E-state index contributed by atoms with van der Waals surface area (Å²) in [6, 6.07) is 12.1. The highest BCUT2D eigenvalue weighted by molar-refractivity contribution is 6.00. The van der Waals surface area contributed by atoms with E-state index in [9.17, 15) is 4.79 Å². The summed E-state index contributed by atoms with van der Waals surface area (Å²) in [5, 5.41) is 3.16. The Bertz CT molecular complexity index is 1000. The van der Waals surface area contributed by atoms with Crippen molar-refractivity contribution in [3.63, 3.8) is 0 Å². The topological polar surface area (TPSA) is 67.0 Å². The van der Waals surface area contributed by atoms with Crippen LogP contribution in [0.25, 0.3) is 11.1 Å². The SMILES string of the molecule is COc1cccc(-c2c[nH]cc2C(=O)NCC2CCC(c3ccnc(C)c3)CC2)c1. The highest BCUT2D eigenvalue weighted by Gasteiger charge is 2.23. The van der Waals surface area contributed by atoms with Gasteiger partial charge in [0.25, 0.3) is 5.91 Å². The van der Waals surface area contributed by atoms with Crippen molar-refractivity contribution in [3.8, 4) is 16.9 Å². The van der Waals surface area contributed by atoms with Crippen LogP contribution in [0.2, 0.25) is 0 Å². The van der Waals surface area contributed by atoms with Crippen molar-refractivity contribution in [2.75, 3.05) is 13.7 Å². The minimum atomic E-state index is -0.0269. The summed E-state index contributed by atoms with van der Waals surface area (Å²) in [5.41, 5.74) is 5.02. The van der Waals surface area contributed by atoms with Gasteiger partial charge in [0, 0.05) is 36.4 Å². The number of aryl methyl sites for hydroxylation is 1. The Labute approximate surface area is 177 Å². The van der Waals surface area contributed by atoms with Crippen LogP contribution in [0.3, 0.4) is 0 Å². The van der Waals surface area contributed by atoms with E-state index in [2.05, 4.69) is 27.4 Å². The predicted molar refractivity (Wildman–Crippen MR) is 119 cm³/mol. The third-order valence-corrected chi connectivity index (χ3v) is 6.16. The van der Waals surface area contributed by atoms with E-state index < -0.39 is 0 Å². The quantitative estimate of drug-likeness (QED) is 0.602. The third kappa shape index (κ3) is 4.56. The molecule has 2 N–H and O–H groups in total. The number of benzene rings is 1. The lowest BCUT2D eigenvalue weighted by Crippen LogP contribution is -2.31. The predicted octanol–water partition coefficient (Wildman–Crippen LogP) is 5.10. The Kier molecular flexibility index (Phi) is 6.17. The smallest absolute Gasteiger partial charge is 0.253 e. The van der Waals surface area contributed by atoms with E-state index >= 15 is 0 Å². The molecule has 30 heavy (non-hydrogen) atoms.